The average Bonchev–Trinajstić information content (AvgIpc) is 3.24. The number of aromatic nitrogens is 2. The molecule has 3 aliphatic rings. The van der Waals surface area contributed by atoms with Crippen LogP contribution in [0.25, 0.3) is 11.1 Å². The number of benzene rings is 1. The number of nitrogens with one attached hydrogen (secondary N) is 2. The normalized spacial score (nSPS) is 25.7. The third kappa shape index (κ3) is 3.01. The van der Waals surface area contributed by atoms with Crippen LogP contribution in [0.3, 0.4) is 0 Å². The van der Waals surface area contributed by atoms with Gasteiger partial charge in [0.15, 0.2) is 6.17 Å². The van der Waals surface area contributed by atoms with E-state index in [1.165, 1.54) is 0 Å². The minimum Gasteiger partial charge on any atom is -0.362 e. The predicted molar refractivity (Wildman–Crippen MR) is 128 cm³/mol. The molecule has 5 rings (SSSR count). The first kappa shape index (κ1) is 21.6. The van der Waals surface area contributed by atoms with E-state index in [0.717, 1.165) is 63.5 Å². The molecule has 0 bridgehead atoms. The van der Waals surface area contributed by atoms with Crippen molar-refractivity contribution in [3.63, 3.8) is 0 Å². The zero-order valence-electron chi connectivity index (χ0n) is 20.5. The lowest BCUT2D eigenvalue weighted by atomic mass is 9.61. The lowest BCUT2D eigenvalue weighted by Crippen LogP contribution is -2.58. The van der Waals surface area contributed by atoms with Crippen molar-refractivity contribution in [3.05, 3.63) is 63.8 Å². The first-order valence-corrected chi connectivity index (χ1v) is 11.6. The van der Waals surface area contributed by atoms with Crippen molar-refractivity contribution >= 4 is 5.91 Å². The number of amides is 1. The number of azo groups is 1. The second-order valence-corrected chi connectivity index (χ2v) is 10.1. The maximum atomic E-state index is 13.6. The van der Waals surface area contributed by atoms with E-state index >= 15 is 0 Å². The van der Waals surface area contributed by atoms with Gasteiger partial charge in [0.2, 0.25) is 0 Å². The zero-order chi connectivity index (χ0) is 23.7. The van der Waals surface area contributed by atoms with Gasteiger partial charge in [0.05, 0.1) is 22.4 Å². The van der Waals surface area contributed by atoms with Gasteiger partial charge < -0.3 is 10.6 Å². The van der Waals surface area contributed by atoms with Crippen LogP contribution < -0.4 is 10.6 Å². The Morgan fingerprint density at radius 3 is 2.64 bits per heavy atom. The van der Waals surface area contributed by atoms with Crippen LogP contribution in [0.15, 0.2) is 57.0 Å². The number of carbonyl (C=O) groups is 1. The highest BCUT2D eigenvalue weighted by Gasteiger charge is 2.54. The number of carbonyl (C=O) groups excluding carboxylic acids is 1. The summed E-state index contributed by atoms with van der Waals surface area (Å²) in [5.74, 6) is -0.0135. The molecule has 7 nitrogen and oxygen atoms in total. The van der Waals surface area contributed by atoms with Gasteiger partial charge in [-0.15, -0.1) is 0 Å². The third-order valence-corrected chi connectivity index (χ3v) is 7.47. The molecular formula is C26H32N6O. The van der Waals surface area contributed by atoms with E-state index in [0.29, 0.717) is 0 Å². The van der Waals surface area contributed by atoms with E-state index in [4.69, 9.17) is 0 Å². The van der Waals surface area contributed by atoms with E-state index in [9.17, 15) is 4.79 Å². The van der Waals surface area contributed by atoms with Crippen molar-refractivity contribution in [2.75, 3.05) is 0 Å². The smallest absolute Gasteiger partial charge is 0.250 e. The van der Waals surface area contributed by atoms with Crippen LogP contribution in [0.5, 0.6) is 0 Å². The number of rotatable bonds is 3. The standard InChI is InChI=1S/C26H32N6O/c1-8-26(18-11-9-10-17(12-18)20-14(2)31-32(7)16(20)4)21-15(3)29-30-23(21)27-19-13-25(5,6)28-24(33)22(19)26/h9-12,23,27H,8,13H2,1-7H3,(H,28,33)/t23?,26-/m1/s1. The average molecular weight is 445 g/mol. The van der Waals surface area contributed by atoms with Crippen LogP contribution in [-0.2, 0) is 17.3 Å². The van der Waals surface area contributed by atoms with Crippen LogP contribution in [0.2, 0.25) is 0 Å². The molecule has 2 aromatic rings. The monoisotopic (exact) mass is 444 g/mol. The molecule has 0 radical (unpaired) electrons. The molecule has 0 saturated heterocycles. The summed E-state index contributed by atoms with van der Waals surface area (Å²) in [7, 11) is 1.97. The molecule has 1 unspecified atom stereocenters. The summed E-state index contributed by atoms with van der Waals surface area (Å²) in [5, 5.41) is 20.4. The summed E-state index contributed by atoms with van der Waals surface area (Å²) in [6, 6.07) is 8.60. The molecule has 4 heterocycles. The minimum absolute atomic E-state index is 0.0135. The molecule has 2 atom stereocenters. The largest absolute Gasteiger partial charge is 0.362 e. The van der Waals surface area contributed by atoms with Crippen molar-refractivity contribution in [2.24, 2.45) is 17.3 Å². The summed E-state index contributed by atoms with van der Waals surface area (Å²) in [6.45, 7) is 12.4. The summed E-state index contributed by atoms with van der Waals surface area (Å²) >= 11 is 0. The van der Waals surface area contributed by atoms with Crippen molar-refractivity contribution in [2.45, 2.75) is 71.5 Å². The van der Waals surface area contributed by atoms with Crippen LogP contribution in [0.4, 0.5) is 0 Å². The first-order valence-electron chi connectivity index (χ1n) is 11.6. The molecule has 3 aliphatic heterocycles. The molecule has 0 saturated carbocycles. The topological polar surface area (TPSA) is 83.7 Å². The second-order valence-electron chi connectivity index (χ2n) is 10.1. The van der Waals surface area contributed by atoms with Gasteiger partial charge in [-0.1, -0.05) is 25.1 Å². The Morgan fingerprint density at radius 2 is 1.97 bits per heavy atom. The fourth-order valence-corrected chi connectivity index (χ4v) is 6.06. The Balaban J connectivity index is 1.79. The summed E-state index contributed by atoms with van der Waals surface area (Å²) in [5.41, 5.74) is 8.31. The summed E-state index contributed by atoms with van der Waals surface area (Å²) < 4.78 is 1.92. The highest BCUT2D eigenvalue weighted by molar-refractivity contribution is 6.00. The number of hydrogen-bond donors (Lipinski definition) is 2. The number of aryl methyl sites for hydroxylation is 2. The molecule has 2 N–H and O–H groups in total. The van der Waals surface area contributed by atoms with Crippen LogP contribution in [0.1, 0.15) is 57.5 Å². The molecule has 33 heavy (non-hydrogen) atoms. The fraction of sp³-hybridized carbons (Fsp3) is 0.462. The highest BCUT2D eigenvalue weighted by atomic mass is 16.2. The molecule has 1 aromatic carbocycles. The molecule has 7 heteroatoms. The first-order chi connectivity index (χ1) is 15.6. The van der Waals surface area contributed by atoms with Gasteiger partial charge in [-0.25, -0.2) is 0 Å². The van der Waals surface area contributed by atoms with Crippen molar-refractivity contribution in [1.82, 2.24) is 20.4 Å². The Labute approximate surface area is 195 Å². The summed E-state index contributed by atoms with van der Waals surface area (Å²) in [4.78, 5) is 13.6. The molecule has 0 aliphatic carbocycles. The molecule has 0 spiro atoms. The zero-order valence-corrected chi connectivity index (χ0v) is 20.5. The van der Waals surface area contributed by atoms with E-state index in [1.54, 1.807) is 0 Å². The lowest BCUT2D eigenvalue weighted by molar-refractivity contribution is -0.120. The molecule has 172 valence electrons. The maximum absolute atomic E-state index is 13.6. The lowest BCUT2D eigenvalue weighted by Gasteiger charge is -2.48. The van der Waals surface area contributed by atoms with E-state index < -0.39 is 5.41 Å². The number of nitrogens with zero attached hydrogens (tertiary/aromatic N) is 4. The van der Waals surface area contributed by atoms with Gasteiger partial charge in [0.1, 0.15) is 0 Å². The van der Waals surface area contributed by atoms with Crippen molar-refractivity contribution in [1.29, 1.82) is 0 Å². The SMILES string of the molecule is CC[C@]1(c2cccc(-c3c(C)nn(C)c3C)c2)C2=C(CC(C)(C)NC2=O)NC2N=NC(C)=C21. The minimum atomic E-state index is -0.598. The molecule has 1 amide bonds. The fourth-order valence-electron chi connectivity index (χ4n) is 6.06. The van der Waals surface area contributed by atoms with Crippen LogP contribution >= 0.6 is 0 Å². The van der Waals surface area contributed by atoms with Gasteiger partial charge in [0, 0.05) is 41.5 Å². The second kappa shape index (κ2) is 7.14. The van der Waals surface area contributed by atoms with E-state index in [2.05, 4.69) is 77.9 Å². The van der Waals surface area contributed by atoms with Gasteiger partial charge in [0.25, 0.3) is 5.91 Å². The van der Waals surface area contributed by atoms with E-state index in [1.807, 2.05) is 25.6 Å². The van der Waals surface area contributed by atoms with E-state index in [-0.39, 0.29) is 17.6 Å². The van der Waals surface area contributed by atoms with Gasteiger partial charge in [-0.3, -0.25) is 9.48 Å². The van der Waals surface area contributed by atoms with Gasteiger partial charge in [-0.2, -0.15) is 15.3 Å². The quantitative estimate of drug-likeness (QED) is 0.727. The highest BCUT2D eigenvalue weighted by Crippen LogP contribution is 2.53. The summed E-state index contributed by atoms with van der Waals surface area (Å²) in [6.07, 6.45) is 1.23. The Kier molecular flexibility index (Phi) is 4.68. The van der Waals surface area contributed by atoms with Crippen LogP contribution in [0, 0.1) is 13.8 Å². The van der Waals surface area contributed by atoms with Gasteiger partial charge in [-0.05, 0) is 58.2 Å². The third-order valence-electron chi connectivity index (χ3n) is 7.47. The maximum Gasteiger partial charge on any atom is 0.250 e. The molecular weight excluding hydrogens is 412 g/mol. The number of allylic oxidation sites excluding steroid dienone is 1. The predicted octanol–water partition coefficient (Wildman–Crippen LogP) is 4.57. The van der Waals surface area contributed by atoms with Gasteiger partial charge >= 0.3 is 0 Å². The van der Waals surface area contributed by atoms with Crippen molar-refractivity contribution < 1.29 is 4.79 Å². The molecule has 0 fully saturated rings. The Hall–Kier alpha value is -3.22. The Morgan fingerprint density at radius 1 is 1.21 bits per heavy atom. The van der Waals surface area contributed by atoms with Crippen LogP contribution in [-0.4, -0.2) is 27.4 Å². The molecule has 1 aromatic heterocycles. The number of hydrogen-bond acceptors (Lipinski definition) is 5. The Bertz CT molecular complexity index is 1280. The van der Waals surface area contributed by atoms with Crippen molar-refractivity contribution in [3.8, 4) is 11.1 Å². The number of fused-ring (bicyclic) bond motifs is 1.